The number of benzene rings is 3. The van der Waals surface area contributed by atoms with Crippen LogP contribution in [0.25, 0.3) is 0 Å². The number of halogens is 3. The highest BCUT2D eigenvalue weighted by atomic mass is 32.2. The third-order valence-corrected chi connectivity index (χ3v) is 7.48. The highest BCUT2D eigenvalue weighted by Gasteiger charge is 2.31. The molecule has 3 aromatic carbocycles. The van der Waals surface area contributed by atoms with Gasteiger partial charge < -0.3 is 5.32 Å². The molecule has 0 saturated heterocycles. The summed E-state index contributed by atoms with van der Waals surface area (Å²) in [6.07, 6.45) is -3.96. The number of amides is 1. The van der Waals surface area contributed by atoms with Gasteiger partial charge in [-0.3, -0.25) is 4.79 Å². The van der Waals surface area contributed by atoms with Crippen LogP contribution in [0.4, 0.5) is 18.9 Å². The molecule has 0 aliphatic carbocycles. The normalized spacial score (nSPS) is 14.5. The molecule has 0 bridgehead atoms. The lowest BCUT2D eigenvalue weighted by Crippen LogP contribution is -2.36. The highest BCUT2D eigenvalue weighted by Crippen LogP contribution is 2.31. The van der Waals surface area contributed by atoms with Crippen molar-refractivity contribution in [2.45, 2.75) is 31.0 Å². The predicted octanol–water partition coefficient (Wildman–Crippen LogP) is 5.01. The minimum atomic E-state index is -4.54. The lowest BCUT2D eigenvalue weighted by Gasteiger charge is -2.28. The van der Waals surface area contributed by atoms with E-state index in [1.165, 1.54) is 34.6 Å². The summed E-state index contributed by atoms with van der Waals surface area (Å²) in [6, 6.07) is 16.1. The van der Waals surface area contributed by atoms with E-state index in [9.17, 15) is 26.4 Å². The van der Waals surface area contributed by atoms with Gasteiger partial charge in [0.25, 0.3) is 5.91 Å². The lowest BCUT2D eigenvalue weighted by atomic mass is 10.0. The maximum Gasteiger partial charge on any atom is 0.416 e. The van der Waals surface area contributed by atoms with Crippen LogP contribution >= 0.6 is 0 Å². The topological polar surface area (TPSA) is 66.5 Å². The summed E-state index contributed by atoms with van der Waals surface area (Å²) in [5.74, 6) is -0.687. The molecule has 1 aliphatic heterocycles. The Balaban J connectivity index is 1.60. The number of hydrogen-bond acceptors (Lipinski definition) is 3. The van der Waals surface area contributed by atoms with E-state index in [0.717, 1.165) is 23.3 Å². The molecule has 1 aliphatic rings. The van der Waals surface area contributed by atoms with E-state index in [-0.39, 0.29) is 22.7 Å². The standard InChI is InChI=1S/C24H21F3N2O3S/c1-16-9-10-21(33(31,32)29-12-11-17-5-2-3-6-18(17)15-29)14-22(16)23(30)28-20-8-4-7-19(13-20)24(25,26)27/h2-10,13-14H,11-12,15H2,1H3,(H,28,30). The van der Waals surface area contributed by atoms with Crippen LogP contribution in [0.1, 0.15) is 32.6 Å². The number of alkyl halides is 3. The van der Waals surface area contributed by atoms with Crippen LogP contribution in [0.15, 0.2) is 71.6 Å². The Morgan fingerprint density at radius 2 is 1.70 bits per heavy atom. The maximum absolute atomic E-state index is 13.3. The zero-order valence-electron chi connectivity index (χ0n) is 17.7. The summed E-state index contributed by atoms with van der Waals surface area (Å²) >= 11 is 0. The van der Waals surface area contributed by atoms with Crippen molar-refractivity contribution in [2.24, 2.45) is 0 Å². The van der Waals surface area contributed by atoms with Gasteiger partial charge in [0.2, 0.25) is 10.0 Å². The third kappa shape index (κ3) is 4.79. The highest BCUT2D eigenvalue weighted by molar-refractivity contribution is 7.89. The number of nitrogens with zero attached hydrogens (tertiary/aromatic N) is 1. The molecule has 0 fully saturated rings. The van der Waals surface area contributed by atoms with Crippen molar-refractivity contribution in [2.75, 3.05) is 11.9 Å². The predicted molar refractivity (Wildman–Crippen MR) is 118 cm³/mol. The van der Waals surface area contributed by atoms with Crippen LogP contribution in [-0.2, 0) is 29.2 Å². The van der Waals surface area contributed by atoms with Crippen LogP contribution in [0, 0.1) is 6.92 Å². The zero-order chi connectivity index (χ0) is 23.8. The van der Waals surface area contributed by atoms with Gasteiger partial charge in [-0.15, -0.1) is 0 Å². The summed E-state index contributed by atoms with van der Waals surface area (Å²) in [6.45, 7) is 2.19. The number of aryl methyl sites for hydroxylation is 1. The fraction of sp³-hybridized carbons (Fsp3) is 0.208. The van der Waals surface area contributed by atoms with E-state index >= 15 is 0 Å². The van der Waals surface area contributed by atoms with Crippen LogP contribution < -0.4 is 5.32 Å². The molecule has 0 radical (unpaired) electrons. The summed E-state index contributed by atoms with van der Waals surface area (Å²) in [5.41, 5.74) is 1.69. The largest absolute Gasteiger partial charge is 0.416 e. The molecule has 33 heavy (non-hydrogen) atoms. The smallest absolute Gasteiger partial charge is 0.322 e. The Morgan fingerprint density at radius 1 is 0.970 bits per heavy atom. The Bertz CT molecular complexity index is 1320. The first kappa shape index (κ1) is 23.0. The quantitative estimate of drug-likeness (QED) is 0.578. The Morgan fingerprint density at radius 3 is 2.42 bits per heavy atom. The van der Waals surface area contributed by atoms with E-state index in [0.29, 0.717) is 18.5 Å². The van der Waals surface area contributed by atoms with E-state index in [1.807, 2.05) is 24.3 Å². The number of carbonyl (C=O) groups is 1. The van der Waals surface area contributed by atoms with Gasteiger partial charge in [0.05, 0.1) is 10.5 Å². The van der Waals surface area contributed by atoms with Gasteiger partial charge in [0.15, 0.2) is 0 Å². The summed E-state index contributed by atoms with van der Waals surface area (Å²) < 4.78 is 66.8. The minimum absolute atomic E-state index is 0.0323. The third-order valence-electron chi connectivity index (χ3n) is 5.63. The van der Waals surface area contributed by atoms with Gasteiger partial charge in [-0.2, -0.15) is 17.5 Å². The Labute approximate surface area is 189 Å². The van der Waals surface area contributed by atoms with Gasteiger partial charge in [0.1, 0.15) is 0 Å². The van der Waals surface area contributed by atoms with Gasteiger partial charge >= 0.3 is 6.18 Å². The van der Waals surface area contributed by atoms with Crippen LogP contribution in [0.3, 0.4) is 0 Å². The molecule has 1 heterocycles. The Hall–Kier alpha value is -3.17. The number of carbonyl (C=O) groups excluding carboxylic acids is 1. The van der Waals surface area contributed by atoms with E-state index in [2.05, 4.69) is 5.32 Å². The fourth-order valence-electron chi connectivity index (χ4n) is 3.80. The first-order valence-electron chi connectivity index (χ1n) is 10.2. The van der Waals surface area contributed by atoms with Crippen molar-refractivity contribution < 1.29 is 26.4 Å². The van der Waals surface area contributed by atoms with Gasteiger partial charge in [-0.05, 0) is 60.4 Å². The second-order valence-corrected chi connectivity index (χ2v) is 9.80. The maximum atomic E-state index is 13.3. The molecule has 0 aromatic heterocycles. The SMILES string of the molecule is Cc1ccc(S(=O)(=O)N2CCc3ccccc3C2)cc1C(=O)Nc1cccc(C(F)(F)F)c1. The first-order chi connectivity index (χ1) is 15.6. The molecule has 5 nitrogen and oxygen atoms in total. The number of anilines is 1. The second-order valence-electron chi connectivity index (χ2n) is 7.87. The second kappa shape index (κ2) is 8.64. The van der Waals surface area contributed by atoms with Crippen LogP contribution in [0.5, 0.6) is 0 Å². The number of sulfonamides is 1. The van der Waals surface area contributed by atoms with Crippen LogP contribution in [-0.4, -0.2) is 25.2 Å². The summed E-state index contributed by atoms with van der Waals surface area (Å²) in [7, 11) is -3.87. The van der Waals surface area contributed by atoms with E-state index < -0.39 is 27.7 Å². The van der Waals surface area contributed by atoms with Gasteiger partial charge in [-0.25, -0.2) is 8.42 Å². The van der Waals surface area contributed by atoms with Crippen molar-refractivity contribution in [1.29, 1.82) is 0 Å². The molecule has 0 spiro atoms. The summed E-state index contributed by atoms with van der Waals surface area (Å²) in [5, 5.41) is 2.44. The van der Waals surface area contributed by atoms with Crippen molar-refractivity contribution >= 4 is 21.6 Å². The monoisotopic (exact) mass is 474 g/mol. The lowest BCUT2D eigenvalue weighted by molar-refractivity contribution is -0.137. The molecule has 0 atom stereocenters. The van der Waals surface area contributed by atoms with Crippen molar-refractivity contribution in [1.82, 2.24) is 4.31 Å². The van der Waals surface area contributed by atoms with E-state index in [1.54, 1.807) is 6.92 Å². The molecule has 1 N–H and O–H groups in total. The number of fused-ring (bicyclic) bond motifs is 1. The molecule has 0 unspecified atom stereocenters. The zero-order valence-corrected chi connectivity index (χ0v) is 18.5. The van der Waals surface area contributed by atoms with Gasteiger partial charge in [-0.1, -0.05) is 36.4 Å². The fourth-order valence-corrected chi connectivity index (χ4v) is 5.25. The van der Waals surface area contributed by atoms with Crippen LogP contribution in [0.2, 0.25) is 0 Å². The van der Waals surface area contributed by atoms with Crippen molar-refractivity contribution in [3.8, 4) is 0 Å². The molecular weight excluding hydrogens is 453 g/mol. The molecule has 0 saturated carbocycles. The van der Waals surface area contributed by atoms with Crippen molar-refractivity contribution in [3.63, 3.8) is 0 Å². The summed E-state index contributed by atoms with van der Waals surface area (Å²) in [4.78, 5) is 12.8. The van der Waals surface area contributed by atoms with E-state index in [4.69, 9.17) is 0 Å². The molecule has 9 heteroatoms. The van der Waals surface area contributed by atoms with Gasteiger partial charge in [0, 0.05) is 24.3 Å². The average molecular weight is 475 g/mol. The molecule has 4 rings (SSSR count). The first-order valence-corrected chi connectivity index (χ1v) is 11.7. The molecule has 1 amide bonds. The average Bonchev–Trinajstić information content (AvgIpc) is 2.78. The molecular formula is C24H21F3N2O3S. The number of hydrogen-bond donors (Lipinski definition) is 1. The number of rotatable bonds is 4. The van der Waals surface area contributed by atoms with Crippen molar-refractivity contribution in [3.05, 3.63) is 94.5 Å². The molecule has 172 valence electrons. The molecule has 3 aromatic rings. The number of nitrogens with one attached hydrogen (secondary N) is 1. The Kier molecular flexibility index (Phi) is 6.02. The minimum Gasteiger partial charge on any atom is -0.322 e.